The quantitative estimate of drug-likeness (QED) is 0.602. The van der Waals surface area contributed by atoms with Crippen LogP contribution in [-0.2, 0) is 18.5 Å². The molecule has 0 aliphatic rings. The standard InChI is InChI=1S/C22H29ClN2O4/c1-22(2,3)17-7-5-15(6-8-17)13-24-21(27)25-14-16-11-19(28-4)20(12-18(16)23)29-10-9-26/h5-8,11-12,26H,9-10,13-14H2,1-4H3,(H2,24,25,27). The van der Waals surface area contributed by atoms with E-state index < -0.39 is 0 Å². The van der Waals surface area contributed by atoms with Crippen LogP contribution in [0.15, 0.2) is 36.4 Å². The number of aliphatic hydroxyl groups is 1. The molecular formula is C22H29ClN2O4. The Bertz CT molecular complexity index is 817. The number of halogens is 1. The monoisotopic (exact) mass is 420 g/mol. The molecule has 2 aromatic carbocycles. The van der Waals surface area contributed by atoms with Crippen LogP contribution in [0, 0.1) is 0 Å². The number of hydrogen-bond donors (Lipinski definition) is 3. The second-order valence-electron chi connectivity index (χ2n) is 7.65. The zero-order chi connectivity index (χ0) is 21.4. The van der Waals surface area contributed by atoms with E-state index in [1.165, 1.54) is 12.7 Å². The van der Waals surface area contributed by atoms with Crippen molar-refractivity contribution in [3.8, 4) is 11.5 Å². The lowest BCUT2D eigenvalue weighted by Crippen LogP contribution is -2.34. The molecule has 0 aromatic heterocycles. The smallest absolute Gasteiger partial charge is 0.315 e. The molecule has 2 rings (SSSR count). The van der Waals surface area contributed by atoms with Gasteiger partial charge in [-0.2, -0.15) is 0 Å². The van der Waals surface area contributed by atoms with Gasteiger partial charge in [-0.25, -0.2) is 4.79 Å². The maximum Gasteiger partial charge on any atom is 0.315 e. The second kappa shape index (κ2) is 10.4. The van der Waals surface area contributed by atoms with Gasteiger partial charge >= 0.3 is 6.03 Å². The maximum absolute atomic E-state index is 12.1. The number of carbonyl (C=O) groups is 1. The molecule has 0 spiro atoms. The first-order valence-electron chi connectivity index (χ1n) is 9.45. The molecule has 0 radical (unpaired) electrons. The Labute approximate surface area is 177 Å². The molecule has 2 amide bonds. The average Bonchev–Trinajstić information content (AvgIpc) is 2.69. The van der Waals surface area contributed by atoms with E-state index in [-0.39, 0.29) is 31.2 Å². The first kappa shape index (κ1) is 22.8. The minimum atomic E-state index is -0.291. The molecule has 0 heterocycles. The van der Waals surface area contributed by atoms with E-state index in [0.29, 0.717) is 28.6 Å². The number of carbonyl (C=O) groups excluding carboxylic acids is 1. The van der Waals surface area contributed by atoms with Crippen molar-refractivity contribution in [3.05, 3.63) is 58.1 Å². The highest BCUT2D eigenvalue weighted by Crippen LogP contribution is 2.33. The van der Waals surface area contributed by atoms with Gasteiger partial charge in [-0.05, 0) is 28.2 Å². The molecule has 0 unspecified atom stereocenters. The van der Waals surface area contributed by atoms with Crippen molar-refractivity contribution in [2.45, 2.75) is 39.3 Å². The lowest BCUT2D eigenvalue weighted by molar-refractivity contribution is 0.196. The molecule has 3 N–H and O–H groups in total. The minimum absolute atomic E-state index is 0.0995. The zero-order valence-electron chi connectivity index (χ0n) is 17.3. The fraction of sp³-hybridized carbons (Fsp3) is 0.409. The summed E-state index contributed by atoms with van der Waals surface area (Å²) in [6.07, 6.45) is 0. The highest BCUT2D eigenvalue weighted by Gasteiger charge is 2.13. The third-order valence-electron chi connectivity index (χ3n) is 4.39. The van der Waals surface area contributed by atoms with Gasteiger partial charge in [-0.1, -0.05) is 56.6 Å². The summed E-state index contributed by atoms with van der Waals surface area (Å²) in [4.78, 5) is 12.1. The normalized spacial score (nSPS) is 11.1. The van der Waals surface area contributed by atoms with E-state index in [9.17, 15) is 4.79 Å². The molecule has 0 aliphatic heterocycles. The Morgan fingerprint density at radius 2 is 1.72 bits per heavy atom. The zero-order valence-corrected chi connectivity index (χ0v) is 18.1. The summed E-state index contributed by atoms with van der Waals surface area (Å²) < 4.78 is 10.7. The highest BCUT2D eigenvalue weighted by atomic mass is 35.5. The number of nitrogens with one attached hydrogen (secondary N) is 2. The Morgan fingerprint density at radius 1 is 1.07 bits per heavy atom. The number of hydrogen-bond acceptors (Lipinski definition) is 4. The van der Waals surface area contributed by atoms with Gasteiger partial charge in [-0.3, -0.25) is 0 Å². The number of methoxy groups -OCH3 is 1. The van der Waals surface area contributed by atoms with E-state index in [1.54, 1.807) is 12.1 Å². The molecule has 2 aromatic rings. The van der Waals surface area contributed by atoms with Gasteiger partial charge in [0, 0.05) is 24.2 Å². The second-order valence-corrected chi connectivity index (χ2v) is 8.06. The van der Waals surface area contributed by atoms with E-state index in [2.05, 4.69) is 43.5 Å². The number of aliphatic hydroxyl groups excluding tert-OH is 1. The van der Waals surface area contributed by atoms with Crippen molar-refractivity contribution < 1.29 is 19.4 Å². The largest absolute Gasteiger partial charge is 0.493 e. The molecule has 158 valence electrons. The minimum Gasteiger partial charge on any atom is -0.493 e. The number of benzene rings is 2. The Morgan fingerprint density at radius 3 is 2.31 bits per heavy atom. The predicted octanol–water partition coefficient (Wildman–Crippen LogP) is 4.02. The molecule has 0 aliphatic carbocycles. The van der Waals surface area contributed by atoms with Crippen LogP contribution in [0.2, 0.25) is 5.02 Å². The van der Waals surface area contributed by atoms with E-state index in [0.717, 1.165) is 5.56 Å². The van der Waals surface area contributed by atoms with Crippen molar-refractivity contribution >= 4 is 17.6 Å². The summed E-state index contributed by atoms with van der Waals surface area (Å²) in [6.45, 7) is 7.20. The molecule has 0 bridgehead atoms. The summed E-state index contributed by atoms with van der Waals surface area (Å²) in [5, 5.41) is 15.0. The molecule has 29 heavy (non-hydrogen) atoms. The van der Waals surface area contributed by atoms with Crippen molar-refractivity contribution in [2.75, 3.05) is 20.3 Å². The van der Waals surface area contributed by atoms with E-state index in [4.69, 9.17) is 26.2 Å². The van der Waals surface area contributed by atoms with E-state index in [1.807, 2.05) is 12.1 Å². The summed E-state index contributed by atoms with van der Waals surface area (Å²) in [7, 11) is 1.52. The summed E-state index contributed by atoms with van der Waals surface area (Å²) in [6, 6.07) is 11.2. The maximum atomic E-state index is 12.1. The molecule has 0 saturated carbocycles. The van der Waals surface area contributed by atoms with Crippen molar-refractivity contribution in [1.29, 1.82) is 0 Å². The van der Waals surface area contributed by atoms with Crippen LogP contribution in [0.5, 0.6) is 11.5 Å². The van der Waals surface area contributed by atoms with Crippen molar-refractivity contribution in [1.82, 2.24) is 10.6 Å². The third kappa shape index (κ3) is 6.84. The molecule has 0 atom stereocenters. The van der Waals surface area contributed by atoms with E-state index >= 15 is 0 Å². The van der Waals surface area contributed by atoms with Gasteiger partial charge in [-0.15, -0.1) is 0 Å². The third-order valence-corrected chi connectivity index (χ3v) is 4.75. The summed E-state index contributed by atoms with van der Waals surface area (Å²) in [5.41, 5.74) is 3.07. The predicted molar refractivity (Wildman–Crippen MR) is 115 cm³/mol. The molecule has 0 saturated heterocycles. The number of ether oxygens (including phenoxy) is 2. The summed E-state index contributed by atoms with van der Waals surface area (Å²) in [5.74, 6) is 0.928. The molecular weight excluding hydrogens is 392 g/mol. The van der Waals surface area contributed by atoms with Gasteiger partial charge in [0.1, 0.15) is 6.61 Å². The number of urea groups is 1. The lowest BCUT2D eigenvalue weighted by atomic mass is 9.87. The molecule has 6 nitrogen and oxygen atoms in total. The highest BCUT2D eigenvalue weighted by molar-refractivity contribution is 6.31. The first-order valence-corrected chi connectivity index (χ1v) is 9.83. The van der Waals surface area contributed by atoms with Crippen LogP contribution in [0.1, 0.15) is 37.5 Å². The van der Waals surface area contributed by atoms with Crippen LogP contribution in [0.25, 0.3) is 0 Å². The topological polar surface area (TPSA) is 79.8 Å². The Kier molecular flexibility index (Phi) is 8.17. The molecule has 0 fully saturated rings. The van der Waals surface area contributed by atoms with Crippen LogP contribution in [0.3, 0.4) is 0 Å². The fourth-order valence-corrected chi connectivity index (χ4v) is 2.90. The first-order chi connectivity index (χ1) is 13.7. The lowest BCUT2D eigenvalue weighted by Gasteiger charge is -2.19. The van der Waals surface area contributed by atoms with Gasteiger partial charge in [0.2, 0.25) is 0 Å². The van der Waals surface area contributed by atoms with Crippen molar-refractivity contribution in [3.63, 3.8) is 0 Å². The van der Waals surface area contributed by atoms with Crippen LogP contribution in [-0.4, -0.2) is 31.5 Å². The number of amides is 2. The van der Waals surface area contributed by atoms with Gasteiger partial charge < -0.3 is 25.2 Å². The van der Waals surface area contributed by atoms with Gasteiger partial charge in [0.05, 0.1) is 13.7 Å². The van der Waals surface area contributed by atoms with Crippen LogP contribution >= 0.6 is 11.6 Å². The van der Waals surface area contributed by atoms with Gasteiger partial charge in [0.25, 0.3) is 0 Å². The van der Waals surface area contributed by atoms with Crippen molar-refractivity contribution in [2.24, 2.45) is 0 Å². The number of rotatable bonds is 8. The Balaban J connectivity index is 1.90. The van der Waals surface area contributed by atoms with Crippen LogP contribution < -0.4 is 20.1 Å². The Hall–Kier alpha value is -2.44. The van der Waals surface area contributed by atoms with Gasteiger partial charge in [0.15, 0.2) is 11.5 Å². The summed E-state index contributed by atoms with van der Waals surface area (Å²) >= 11 is 6.28. The van der Waals surface area contributed by atoms with Crippen LogP contribution in [0.4, 0.5) is 4.79 Å². The fourth-order valence-electron chi connectivity index (χ4n) is 2.68. The molecule has 7 heteroatoms. The SMILES string of the molecule is COc1cc(CNC(=O)NCc2ccc(C(C)(C)C)cc2)c(Cl)cc1OCCO. The average molecular weight is 421 g/mol.